The van der Waals surface area contributed by atoms with Crippen LogP contribution in [0.2, 0.25) is 0 Å². The molecule has 1 aromatic rings. The average molecular weight is 225 g/mol. The fraction of sp³-hybridized carbons (Fsp3) is 0.500. The van der Waals surface area contributed by atoms with Crippen LogP contribution in [-0.4, -0.2) is 26.8 Å². The Hall–Kier alpha value is -1.13. The number of ether oxygens (including phenoxy) is 2. The molecule has 3 nitrogen and oxygen atoms in total. The van der Waals surface area contributed by atoms with E-state index in [0.717, 1.165) is 18.7 Å². The molecule has 1 fully saturated rings. The van der Waals surface area contributed by atoms with Gasteiger partial charge >= 0.3 is 0 Å². The van der Waals surface area contributed by atoms with Gasteiger partial charge in [0, 0.05) is 13.1 Å². The summed E-state index contributed by atoms with van der Waals surface area (Å²) in [5.41, 5.74) is 1.55. The monoisotopic (exact) mass is 225 g/mol. The number of rotatable bonds is 2. The highest BCUT2D eigenvalue weighted by molar-refractivity contribution is 5.37. The Labute approximate surface area is 94.6 Å². The van der Waals surface area contributed by atoms with E-state index in [0.29, 0.717) is 12.2 Å². The first-order chi connectivity index (χ1) is 7.72. The van der Waals surface area contributed by atoms with Gasteiger partial charge in [0.05, 0.1) is 19.8 Å². The Balaban J connectivity index is 2.29. The molecule has 2 rings (SSSR count). The van der Waals surface area contributed by atoms with Crippen molar-refractivity contribution < 1.29 is 13.9 Å². The Kier molecular flexibility index (Phi) is 3.41. The third-order valence-electron chi connectivity index (χ3n) is 2.76. The van der Waals surface area contributed by atoms with Crippen LogP contribution in [0.25, 0.3) is 0 Å². The molecule has 16 heavy (non-hydrogen) atoms. The lowest BCUT2D eigenvalue weighted by Crippen LogP contribution is -2.33. The molecular formula is C12H16FNO2. The highest BCUT2D eigenvalue weighted by atomic mass is 19.1. The molecule has 0 amide bonds. The van der Waals surface area contributed by atoms with Crippen molar-refractivity contribution in [3.8, 4) is 5.75 Å². The predicted molar refractivity (Wildman–Crippen MR) is 59.3 cm³/mol. The molecule has 1 N–H and O–H groups in total. The van der Waals surface area contributed by atoms with Gasteiger partial charge < -0.3 is 14.8 Å². The summed E-state index contributed by atoms with van der Waals surface area (Å²) >= 11 is 0. The average Bonchev–Trinajstić information content (AvgIpc) is 2.33. The molecule has 1 saturated heterocycles. The Morgan fingerprint density at radius 2 is 2.31 bits per heavy atom. The molecule has 0 saturated carbocycles. The van der Waals surface area contributed by atoms with Gasteiger partial charge in [0.2, 0.25) is 0 Å². The summed E-state index contributed by atoms with van der Waals surface area (Å²) in [6.07, 6.45) is -0.0121. The van der Waals surface area contributed by atoms with Gasteiger partial charge in [-0.15, -0.1) is 0 Å². The fourth-order valence-corrected chi connectivity index (χ4v) is 1.88. The molecule has 88 valence electrons. The minimum absolute atomic E-state index is 0.0121. The molecule has 1 unspecified atom stereocenters. The highest BCUT2D eigenvalue weighted by Crippen LogP contribution is 2.27. The summed E-state index contributed by atoms with van der Waals surface area (Å²) < 4.78 is 24.2. The van der Waals surface area contributed by atoms with Crippen LogP contribution in [0.15, 0.2) is 12.1 Å². The summed E-state index contributed by atoms with van der Waals surface area (Å²) in [4.78, 5) is 0. The molecule has 0 aliphatic carbocycles. The third-order valence-corrected chi connectivity index (χ3v) is 2.76. The van der Waals surface area contributed by atoms with E-state index in [1.165, 1.54) is 7.11 Å². The maximum Gasteiger partial charge on any atom is 0.167 e. The van der Waals surface area contributed by atoms with Crippen LogP contribution in [-0.2, 0) is 4.74 Å². The Bertz CT molecular complexity index is 376. The standard InChI is InChI=1S/C12H16FNO2/c1-8-5-9(6-10(15-2)12(8)13)11-7-14-3-4-16-11/h5-6,11,14H,3-4,7H2,1-2H3. The number of hydrogen-bond acceptors (Lipinski definition) is 3. The topological polar surface area (TPSA) is 30.5 Å². The van der Waals surface area contributed by atoms with Gasteiger partial charge in [-0.05, 0) is 24.1 Å². The maximum atomic E-state index is 13.6. The van der Waals surface area contributed by atoms with Crippen LogP contribution in [0.4, 0.5) is 4.39 Å². The zero-order chi connectivity index (χ0) is 11.5. The second-order valence-electron chi connectivity index (χ2n) is 3.92. The maximum absolute atomic E-state index is 13.6. The summed E-state index contributed by atoms with van der Waals surface area (Å²) in [6.45, 7) is 4.04. The molecule has 0 spiro atoms. The quantitative estimate of drug-likeness (QED) is 0.832. The molecule has 0 bridgehead atoms. The van der Waals surface area contributed by atoms with Crippen LogP contribution in [0.3, 0.4) is 0 Å². The number of hydrogen-bond donors (Lipinski definition) is 1. The zero-order valence-electron chi connectivity index (χ0n) is 9.55. The lowest BCUT2D eigenvalue weighted by Gasteiger charge is -2.24. The first kappa shape index (κ1) is 11.4. The van der Waals surface area contributed by atoms with Crippen molar-refractivity contribution in [1.82, 2.24) is 5.32 Å². The van der Waals surface area contributed by atoms with Crippen molar-refractivity contribution in [1.29, 1.82) is 0 Å². The van der Waals surface area contributed by atoms with Gasteiger partial charge in [0.25, 0.3) is 0 Å². The van der Waals surface area contributed by atoms with E-state index in [4.69, 9.17) is 9.47 Å². The third kappa shape index (κ3) is 2.18. The molecular weight excluding hydrogens is 209 g/mol. The molecule has 1 heterocycles. The largest absolute Gasteiger partial charge is 0.494 e. The van der Waals surface area contributed by atoms with E-state index >= 15 is 0 Å². The van der Waals surface area contributed by atoms with Crippen molar-refractivity contribution in [2.24, 2.45) is 0 Å². The highest BCUT2D eigenvalue weighted by Gasteiger charge is 2.18. The van der Waals surface area contributed by atoms with Crippen molar-refractivity contribution >= 4 is 0 Å². The molecule has 0 radical (unpaired) electrons. The molecule has 4 heteroatoms. The van der Waals surface area contributed by atoms with Gasteiger partial charge in [0.15, 0.2) is 11.6 Å². The van der Waals surface area contributed by atoms with Gasteiger partial charge in [0.1, 0.15) is 0 Å². The zero-order valence-corrected chi connectivity index (χ0v) is 9.55. The minimum atomic E-state index is -0.296. The summed E-state index contributed by atoms with van der Waals surface area (Å²) in [7, 11) is 1.47. The second-order valence-corrected chi connectivity index (χ2v) is 3.92. The van der Waals surface area contributed by atoms with E-state index in [1.54, 1.807) is 13.0 Å². The van der Waals surface area contributed by atoms with E-state index in [2.05, 4.69) is 5.32 Å². The minimum Gasteiger partial charge on any atom is -0.494 e. The summed E-state index contributed by atoms with van der Waals surface area (Å²) in [6, 6.07) is 3.52. The first-order valence-corrected chi connectivity index (χ1v) is 5.38. The van der Waals surface area contributed by atoms with Crippen LogP contribution in [0.1, 0.15) is 17.2 Å². The molecule has 1 aromatic carbocycles. The predicted octanol–water partition coefficient (Wildman–Crippen LogP) is 1.80. The van der Waals surface area contributed by atoms with Crippen molar-refractivity contribution in [3.63, 3.8) is 0 Å². The fourth-order valence-electron chi connectivity index (χ4n) is 1.88. The number of aryl methyl sites for hydroxylation is 1. The number of benzene rings is 1. The van der Waals surface area contributed by atoms with E-state index in [-0.39, 0.29) is 17.7 Å². The van der Waals surface area contributed by atoms with Crippen molar-refractivity contribution in [2.75, 3.05) is 26.8 Å². The number of nitrogens with one attached hydrogen (secondary N) is 1. The van der Waals surface area contributed by atoms with Crippen LogP contribution in [0.5, 0.6) is 5.75 Å². The molecule has 0 aromatic heterocycles. The van der Waals surface area contributed by atoms with Gasteiger partial charge in [-0.1, -0.05) is 6.07 Å². The smallest absolute Gasteiger partial charge is 0.167 e. The van der Waals surface area contributed by atoms with E-state index in [9.17, 15) is 4.39 Å². The normalized spacial score (nSPS) is 20.8. The van der Waals surface area contributed by atoms with Gasteiger partial charge in [-0.25, -0.2) is 4.39 Å². The van der Waals surface area contributed by atoms with Crippen LogP contribution in [0, 0.1) is 12.7 Å². The summed E-state index contributed by atoms with van der Waals surface area (Å²) in [5.74, 6) is -0.0146. The number of halogens is 1. The number of morpholine rings is 1. The van der Waals surface area contributed by atoms with E-state index < -0.39 is 0 Å². The van der Waals surface area contributed by atoms with Crippen molar-refractivity contribution in [3.05, 3.63) is 29.1 Å². The molecule has 1 atom stereocenters. The second kappa shape index (κ2) is 4.80. The van der Waals surface area contributed by atoms with Gasteiger partial charge in [-0.3, -0.25) is 0 Å². The molecule has 1 aliphatic heterocycles. The first-order valence-electron chi connectivity index (χ1n) is 5.38. The molecule has 1 aliphatic rings. The Morgan fingerprint density at radius 1 is 1.50 bits per heavy atom. The SMILES string of the molecule is COc1cc(C2CNCCO2)cc(C)c1F. The lowest BCUT2D eigenvalue weighted by molar-refractivity contribution is 0.0275. The van der Waals surface area contributed by atoms with Gasteiger partial charge in [-0.2, -0.15) is 0 Å². The Morgan fingerprint density at radius 3 is 2.94 bits per heavy atom. The number of methoxy groups -OCH3 is 1. The van der Waals surface area contributed by atoms with E-state index in [1.807, 2.05) is 6.07 Å². The lowest BCUT2D eigenvalue weighted by atomic mass is 10.0. The van der Waals surface area contributed by atoms with Crippen LogP contribution >= 0.6 is 0 Å². The van der Waals surface area contributed by atoms with Crippen LogP contribution < -0.4 is 10.1 Å². The summed E-state index contributed by atoms with van der Waals surface area (Å²) in [5, 5.41) is 3.25. The van der Waals surface area contributed by atoms with Crippen molar-refractivity contribution in [2.45, 2.75) is 13.0 Å².